The summed E-state index contributed by atoms with van der Waals surface area (Å²) in [6, 6.07) is 10.0. The molecule has 6 rings (SSSR count). The fourth-order valence-corrected chi connectivity index (χ4v) is 7.85. The number of amides is 2. The minimum absolute atomic E-state index is 0.105. The van der Waals surface area contributed by atoms with Crippen LogP contribution in [0.1, 0.15) is 38.2 Å². The summed E-state index contributed by atoms with van der Waals surface area (Å²) in [6.07, 6.45) is 13.0. The van der Waals surface area contributed by atoms with Gasteiger partial charge in [0.25, 0.3) is 0 Å². The number of aryl methyl sites for hydroxylation is 1. The zero-order valence-corrected chi connectivity index (χ0v) is 26.7. The fraction of sp³-hybridized carbons (Fsp3) is 0.581. The smallest absolute Gasteiger partial charge is 0.340 e. The first-order valence-electron chi connectivity index (χ1n) is 15.5. The van der Waals surface area contributed by atoms with Crippen LogP contribution in [-0.4, -0.2) is 111 Å². The molecule has 12 nitrogen and oxygen atoms in total. The average Bonchev–Trinajstić information content (AvgIpc) is 3.80. The van der Waals surface area contributed by atoms with Crippen molar-refractivity contribution in [2.24, 2.45) is 7.05 Å². The van der Waals surface area contributed by atoms with E-state index in [1.54, 1.807) is 30.4 Å². The molecule has 1 N–H and O–H groups in total. The van der Waals surface area contributed by atoms with Gasteiger partial charge in [-0.25, -0.2) is 9.80 Å². The van der Waals surface area contributed by atoms with E-state index in [1.807, 2.05) is 45.8 Å². The second-order valence-corrected chi connectivity index (χ2v) is 13.1. The molecule has 1 aromatic carbocycles. The molecule has 0 spiro atoms. The van der Waals surface area contributed by atoms with Gasteiger partial charge in [0, 0.05) is 51.4 Å². The van der Waals surface area contributed by atoms with Crippen molar-refractivity contribution in [1.29, 1.82) is 0 Å². The van der Waals surface area contributed by atoms with E-state index < -0.39 is 17.4 Å². The first-order chi connectivity index (χ1) is 21.5. The number of allylic oxidation sites excluding steroid dienone is 2. The SMILES string of the molecule is CON1N(C2(N3CCNCC3)C=CC=CC2)C(=O)N(CCCCC(C)Sc2nncn2C)C1(c1ccccc1)C1COCO1. The fourth-order valence-electron chi connectivity index (χ4n) is 6.90. The quantitative estimate of drug-likeness (QED) is 0.280. The zero-order chi connectivity index (χ0) is 30.6. The Balaban J connectivity index is 1.35. The Morgan fingerprint density at radius 3 is 2.66 bits per heavy atom. The van der Waals surface area contributed by atoms with Crippen LogP contribution < -0.4 is 5.32 Å². The molecule has 1 aliphatic carbocycles. The molecule has 13 heteroatoms. The maximum Gasteiger partial charge on any atom is 0.340 e. The molecule has 0 saturated carbocycles. The van der Waals surface area contributed by atoms with Crippen molar-refractivity contribution in [1.82, 2.24) is 40.1 Å². The molecule has 4 aliphatic rings. The van der Waals surface area contributed by atoms with E-state index in [9.17, 15) is 0 Å². The Hall–Kier alpha value is -2.78. The second kappa shape index (κ2) is 13.7. The highest BCUT2D eigenvalue weighted by atomic mass is 32.2. The largest absolute Gasteiger partial charge is 0.353 e. The third-order valence-corrected chi connectivity index (χ3v) is 10.2. The van der Waals surface area contributed by atoms with Crippen molar-refractivity contribution in [2.45, 2.75) is 60.4 Å². The predicted molar refractivity (Wildman–Crippen MR) is 167 cm³/mol. The average molecular weight is 625 g/mol. The number of urea groups is 1. The number of hydrazine groups is 1. The summed E-state index contributed by atoms with van der Waals surface area (Å²) in [6.45, 7) is 6.58. The number of piperazine rings is 1. The van der Waals surface area contributed by atoms with E-state index in [1.165, 1.54) is 0 Å². The van der Waals surface area contributed by atoms with Gasteiger partial charge in [0.1, 0.15) is 24.9 Å². The molecule has 3 fully saturated rings. The van der Waals surface area contributed by atoms with E-state index in [0.717, 1.165) is 56.2 Å². The van der Waals surface area contributed by atoms with Gasteiger partial charge in [-0.1, -0.05) is 78.8 Å². The highest BCUT2D eigenvalue weighted by Crippen LogP contribution is 2.50. The van der Waals surface area contributed by atoms with Gasteiger partial charge in [-0.05, 0) is 24.5 Å². The molecule has 238 valence electrons. The van der Waals surface area contributed by atoms with Crippen molar-refractivity contribution in [3.63, 3.8) is 0 Å². The summed E-state index contributed by atoms with van der Waals surface area (Å²) in [7, 11) is 3.61. The number of hydrogen-bond donors (Lipinski definition) is 1. The van der Waals surface area contributed by atoms with Gasteiger partial charge < -0.3 is 19.4 Å². The van der Waals surface area contributed by atoms with Crippen LogP contribution in [0.25, 0.3) is 0 Å². The number of nitrogens with one attached hydrogen (secondary N) is 1. The normalized spacial score (nSPS) is 28.8. The first kappa shape index (κ1) is 31.2. The number of thioether (sulfide) groups is 1. The second-order valence-electron chi connectivity index (χ2n) is 11.7. The summed E-state index contributed by atoms with van der Waals surface area (Å²) in [5.41, 5.74) is -0.886. The molecular formula is C31H44N8O4S. The van der Waals surface area contributed by atoms with Crippen molar-refractivity contribution in [2.75, 3.05) is 53.2 Å². The van der Waals surface area contributed by atoms with Crippen LogP contribution in [0.3, 0.4) is 0 Å². The molecule has 2 amide bonds. The lowest BCUT2D eigenvalue weighted by Gasteiger charge is -2.52. The number of unbranched alkanes of at least 4 members (excludes halogenated alkanes) is 1. The minimum Gasteiger partial charge on any atom is -0.353 e. The Morgan fingerprint density at radius 1 is 1.18 bits per heavy atom. The van der Waals surface area contributed by atoms with Crippen LogP contribution in [-0.2, 0) is 27.0 Å². The summed E-state index contributed by atoms with van der Waals surface area (Å²) in [5, 5.41) is 16.6. The number of ether oxygens (including phenoxy) is 2. The van der Waals surface area contributed by atoms with E-state index in [0.29, 0.717) is 24.8 Å². The monoisotopic (exact) mass is 624 g/mol. The van der Waals surface area contributed by atoms with Crippen LogP contribution in [0.2, 0.25) is 0 Å². The van der Waals surface area contributed by atoms with Gasteiger partial charge in [-0.15, -0.1) is 10.2 Å². The van der Waals surface area contributed by atoms with E-state index >= 15 is 4.79 Å². The lowest BCUT2D eigenvalue weighted by Crippen LogP contribution is -2.69. The maximum absolute atomic E-state index is 15.1. The number of aromatic nitrogens is 3. The molecule has 44 heavy (non-hydrogen) atoms. The van der Waals surface area contributed by atoms with Gasteiger partial charge >= 0.3 is 6.03 Å². The molecule has 1 aromatic heterocycles. The van der Waals surface area contributed by atoms with Gasteiger partial charge in [-0.3, -0.25) is 14.6 Å². The third-order valence-electron chi connectivity index (χ3n) is 9.02. The number of hydroxylamine groups is 1. The third kappa shape index (κ3) is 5.59. The Bertz CT molecular complexity index is 1310. The van der Waals surface area contributed by atoms with Crippen LogP contribution in [0.4, 0.5) is 4.79 Å². The first-order valence-corrected chi connectivity index (χ1v) is 16.4. The predicted octanol–water partition coefficient (Wildman–Crippen LogP) is 3.33. The van der Waals surface area contributed by atoms with Gasteiger partial charge in [-0.2, -0.15) is 0 Å². The molecule has 4 unspecified atom stereocenters. The van der Waals surface area contributed by atoms with E-state index in [4.69, 9.17) is 14.3 Å². The van der Waals surface area contributed by atoms with Crippen molar-refractivity contribution < 1.29 is 19.1 Å². The van der Waals surface area contributed by atoms with Gasteiger partial charge in [0.05, 0.1) is 13.7 Å². The Labute approximate surface area is 263 Å². The van der Waals surface area contributed by atoms with Crippen molar-refractivity contribution >= 4 is 17.8 Å². The zero-order valence-electron chi connectivity index (χ0n) is 25.9. The van der Waals surface area contributed by atoms with Gasteiger partial charge in [0.2, 0.25) is 0 Å². The number of benzene rings is 1. The molecule has 0 bridgehead atoms. The molecule has 2 aromatic rings. The van der Waals surface area contributed by atoms with E-state index in [-0.39, 0.29) is 12.8 Å². The topological polar surface area (TPSA) is 100 Å². The van der Waals surface area contributed by atoms with Crippen molar-refractivity contribution in [3.8, 4) is 0 Å². The summed E-state index contributed by atoms with van der Waals surface area (Å²) in [5.74, 6) is 0. The minimum atomic E-state index is -1.07. The highest BCUT2D eigenvalue weighted by Gasteiger charge is 2.67. The molecule has 4 heterocycles. The molecule has 3 saturated heterocycles. The summed E-state index contributed by atoms with van der Waals surface area (Å²) >= 11 is 1.73. The number of hydrogen-bond acceptors (Lipinski definition) is 10. The van der Waals surface area contributed by atoms with Crippen LogP contribution in [0.5, 0.6) is 0 Å². The molecule has 3 aliphatic heterocycles. The van der Waals surface area contributed by atoms with Crippen molar-refractivity contribution in [3.05, 3.63) is 66.5 Å². The lowest BCUT2D eigenvalue weighted by molar-refractivity contribution is -0.348. The summed E-state index contributed by atoms with van der Waals surface area (Å²) < 4.78 is 14.0. The Morgan fingerprint density at radius 2 is 2.00 bits per heavy atom. The van der Waals surface area contributed by atoms with Crippen LogP contribution in [0.15, 0.2) is 66.1 Å². The number of carbonyl (C=O) groups excluding carboxylic acids is 1. The number of nitrogens with zero attached hydrogens (tertiary/aromatic N) is 7. The number of rotatable bonds is 12. The standard InChI is InChI=1S/C31H44N8O4S/c1-25(44-28-34-33-23-35(28)2)12-8-11-19-37-29(40)38(30(15-9-5-10-16-30)36-20-17-32-18-21-36)39(41-3)31(37,27-22-42-24-43-27)26-13-6-4-7-14-26/h4-7,9-10,13-15,23,25,27,32H,8,11-12,16-22,24H2,1-3H3. The number of carbonyl (C=O) groups is 1. The lowest BCUT2D eigenvalue weighted by atomic mass is 9.92. The Kier molecular flexibility index (Phi) is 9.71. The summed E-state index contributed by atoms with van der Waals surface area (Å²) in [4.78, 5) is 25.8. The highest BCUT2D eigenvalue weighted by molar-refractivity contribution is 7.99. The molecular weight excluding hydrogens is 580 g/mol. The van der Waals surface area contributed by atoms with Crippen LogP contribution >= 0.6 is 11.8 Å². The maximum atomic E-state index is 15.1. The van der Waals surface area contributed by atoms with E-state index in [2.05, 4.69) is 57.7 Å². The molecule has 4 atom stereocenters. The van der Waals surface area contributed by atoms with Gasteiger partial charge in [0.15, 0.2) is 10.8 Å². The molecule has 0 radical (unpaired) electrons. The van der Waals surface area contributed by atoms with Crippen LogP contribution in [0, 0.1) is 0 Å².